The summed E-state index contributed by atoms with van der Waals surface area (Å²) < 4.78 is 11.8. The Morgan fingerprint density at radius 2 is 1.86 bits per heavy atom. The highest BCUT2D eigenvalue weighted by Crippen LogP contribution is 2.37. The molecule has 3 unspecified atom stereocenters. The fraction of sp³-hybridized carbons (Fsp3) is 0.600. The zero-order chi connectivity index (χ0) is 15.4. The van der Waals surface area contributed by atoms with Crippen LogP contribution < -0.4 is 10.1 Å². The van der Waals surface area contributed by atoms with Crippen LogP contribution in [-0.2, 0) is 4.74 Å². The Morgan fingerprint density at radius 1 is 1.14 bits per heavy atom. The Kier molecular flexibility index (Phi) is 6.45. The Morgan fingerprint density at radius 3 is 2.52 bits per heavy atom. The molecule has 1 aromatic rings. The van der Waals surface area contributed by atoms with Gasteiger partial charge in [-0.15, -0.1) is 0 Å². The van der Waals surface area contributed by atoms with Gasteiger partial charge in [0.05, 0.1) is 15.1 Å². The standard InChI is InChI=1S/C15H20Cl3NO2/c1-3-5-20-15-12(19-4-2)8-14(15)21-13-7-10(17)9(16)6-11(13)18/h6-7,12,14-15,19H,3-5,8H2,1-2H3. The smallest absolute Gasteiger partial charge is 0.140 e. The largest absolute Gasteiger partial charge is 0.486 e. The molecule has 0 spiro atoms. The SMILES string of the molecule is CCCOC1C(NCC)CC1Oc1cc(Cl)c(Cl)cc1Cl. The minimum absolute atomic E-state index is 0.0182. The number of halogens is 3. The molecule has 1 fully saturated rings. The van der Waals surface area contributed by atoms with Gasteiger partial charge in [-0.05, 0) is 19.0 Å². The van der Waals surface area contributed by atoms with E-state index in [0.717, 1.165) is 26.0 Å². The summed E-state index contributed by atoms with van der Waals surface area (Å²) in [5.74, 6) is 0.552. The van der Waals surface area contributed by atoms with Crippen molar-refractivity contribution in [1.29, 1.82) is 0 Å². The topological polar surface area (TPSA) is 30.5 Å². The molecule has 3 atom stereocenters. The predicted molar refractivity (Wildman–Crippen MR) is 88.0 cm³/mol. The van der Waals surface area contributed by atoms with Gasteiger partial charge in [-0.25, -0.2) is 0 Å². The Bertz CT molecular complexity index is 484. The van der Waals surface area contributed by atoms with Crippen molar-refractivity contribution in [2.45, 2.75) is 44.9 Å². The molecule has 0 aliphatic heterocycles. The van der Waals surface area contributed by atoms with Gasteiger partial charge in [0.2, 0.25) is 0 Å². The lowest BCUT2D eigenvalue weighted by Crippen LogP contribution is -2.61. The molecular formula is C15H20Cl3NO2. The van der Waals surface area contributed by atoms with Gasteiger partial charge in [-0.1, -0.05) is 48.7 Å². The van der Waals surface area contributed by atoms with Crippen molar-refractivity contribution < 1.29 is 9.47 Å². The van der Waals surface area contributed by atoms with E-state index in [0.29, 0.717) is 26.9 Å². The quantitative estimate of drug-likeness (QED) is 0.729. The number of rotatable bonds is 7. The molecule has 3 nitrogen and oxygen atoms in total. The van der Waals surface area contributed by atoms with Crippen LogP contribution in [0.3, 0.4) is 0 Å². The highest BCUT2D eigenvalue weighted by atomic mass is 35.5. The first-order chi connectivity index (χ1) is 10.1. The normalized spacial score (nSPS) is 24.7. The minimum Gasteiger partial charge on any atom is -0.486 e. The van der Waals surface area contributed by atoms with Gasteiger partial charge < -0.3 is 14.8 Å². The van der Waals surface area contributed by atoms with Gasteiger partial charge in [0.1, 0.15) is 18.0 Å². The second-order valence-electron chi connectivity index (χ2n) is 5.09. The van der Waals surface area contributed by atoms with E-state index in [2.05, 4.69) is 19.2 Å². The molecule has 1 saturated carbocycles. The van der Waals surface area contributed by atoms with Crippen molar-refractivity contribution in [1.82, 2.24) is 5.32 Å². The first kappa shape index (κ1) is 17.2. The Balaban J connectivity index is 2.03. The van der Waals surface area contributed by atoms with Crippen molar-refractivity contribution in [2.75, 3.05) is 13.2 Å². The highest BCUT2D eigenvalue weighted by Gasteiger charge is 2.43. The number of benzene rings is 1. The van der Waals surface area contributed by atoms with Crippen LogP contribution in [0.25, 0.3) is 0 Å². The van der Waals surface area contributed by atoms with E-state index in [1.54, 1.807) is 12.1 Å². The number of ether oxygens (including phenoxy) is 2. The van der Waals surface area contributed by atoms with Gasteiger partial charge in [0.15, 0.2) is 0 Å². The van der Waals surface area contributed by atoms with Gasteiger partial charge in [-0.2, -0.15) is 0 Å². The molecule has 6 heteroatoms. The predicted octanol–water partition coefficient (Wildman–Crippen LogP) is 4.57. The molecule has 0 amide bonds. The number of nitrogens with one attached hydrogen (secondary N) is 1. The summed E-state index contributed by atoms with van der Waals surface area (Å²) in [6.45, 7) is 5.81. The molecule has 0 bridgehead atoms. The second kappa shape index (κ2) is 7.89. The maximum atomic E-state index is 6.15. The molecule has 1 aliphatic carbocycles. The molecular weight excluding hydrogens is 333 g/mol. The van der Waals surface area contributed by atoms with Crippen LogP contribution >= 0.6 is 34.8 Å². The third-order valence-electron chi connectivity index (χ3n) is 3.48. The van der Waals surface area contributed by atoms with E-state index in [9.17, 15) is 0 Å². The molecule has 2 rings (SSSR count). The third-order valence-corrected chi connectivity index (χ3v) is 4.50. The van der Waals surface area contributed by atoms with E-state index < -0.39 is 0 Å². The maximum absolute atomic E-state index is 6.15. The van der Waals surface area contributed by atoms with Crippen LogP contribution in [0.5, 0.6) is 5.75 Å². The minimum atomic E-state index is -0.0182. The van der Waals surface area contributed by atoms with E-state index in [1.807, 2.05) is 0 Å². The van der Waals surface area contributed by atoms with Crippen molar-refractivity contribution in [3.63, 3.8) is 0 Å². The summed E-state index contributed by atoms with van der Waals surface area (Å²) >= 11 is 18.1. The van der Waals surface area contributed by atoms with Gasteiger partial charge >= 0.3 is 0 Å². The number of hydrogen-bond donors (Lipinski definition) is 1. The molecule has 21 heavy (non-hydrogen) atoms. The van der Waals surface area contributed by atoms with Crippen molar-refractivity contribution in [2.24, 2.45) is 0 Å². The van der Waals surface area contributed by atoms with Crippen LogP contribution in [-0.4, -0.2) is 31.4 Å². The van der Waals surface area contributed by atoms with E-state index >= 15 is 0 Å². The van der Waals surface area contributed by atoms with Gasteiger partial charge in [0, 0.05) is 25.1 Å². The lowest BCUT2D eigenvalue weighted by molar-refractivity contribution is -0.107. The maximum Gasteiger partial charge on any atom is 0.140 e. The lowest BCUT2D eigenvalue weighted by Gasteiger charge is -2.44. The molecule has 118 valence electrons. The molecule has 0 aromatic heterocycles. The first-order valence-corrected chi connectivity index (χ1v) is 8.36. The monoisotopic (exact) mass is 351 g/mol. The summed E-state index contributed by atoms with van der Waals surface area (Å²) in [5.41, 5.74) is 0. The van der Waals surface area contributed by atoms with Crippen LogP contribution in [0.1, 0.15) is 26.7 Å². The first-order valence-electron chi connectivity index (χ1n) is 7.23. The van der Waals surface area contributed by atoms with E-state index in [1.165, 1.54) is 0 Å². The zero-order valence-electron chi connectivity index (χ0n) is 12.2. The van der Waals surface area contributed by atoms with Crippen molar-refractivity contribution in [3.8, 4) is 5.75 Å². The average Bonchev–Trinajstić information content (AvgIpc) is 2.43. The molecule has 1 N–H and O–H groups in total. The van der Waals surface area contributed by atoms with E-state index in [4.69, 9.17) is 44.3 Å². The Labute approximate surface area is 140 Å². The van der Waals surface area contributed by atoms with Crippen LogP contribution in [0.4, 0.5) is 0 Å². The number of hydrogen-bond acceptors (Lipinski definition) is 3. The fourth-order valence-corrected chi connectivity index (χ4v) is 2.98. The van der Waals surface area contributed by atoms with Crippen molar-refractivity contribution in [3.05, 3.63) is 27.2 Å². The van der Waals surface area contributed by atoms with Crippen LogP contribution in [0.2, 0.25) is 15.1 Å². The second-order valence-corrected chi connectivity index (χ2v) is 6.31. The number of likely N-dealkylation sites (N-methyl/N-ethyl adjacent to an activating group) is 1. The van der Waals surface area contributed by atoms with E-state index in [-0.39, 0.29) is 12.2 Å². The van der Waals surface area contributed by atoms with Crippen LogP contribution in [0.15, 0.2) is 12.1 Å². The third kappa shape index (κ3) is 4.17. The summed E-state index contributed by atoms with van der Waals surface area (Å²) in [5, 5.41) is 4.73. The van der Waals surface area contributed by atoms with Gasteiger partial charge in [-0.3, -0.25) is 0 Å². The summed E-state index contributed by atoms with van der Waals surface area (Å²) in [4.78, 5) is 0. The Hall–Kier alpha value is -0.190. The molecule has 1 aliphatic rings. The lowest BCUT2D eigenvalue weighted by atomic mass is 9.85. The zero-order valence-corrected chi connectivity index (χ0v) is 14.4. The summed E-state index contributed by atoms with van der Waals surface area (Å²) in [7, 11) is 0. The average molecular weight is 353 g/mol. The summed E-state index contributed by atoms with van der Waals surface area (Å²) in [6, 6.07) is 3.58. The van der Waals surface area contributed by atoms with Gasteiger partial charge in [0.25, 0.3) is 0 Å². The highest BCUT2D eigenvalue weighted by molar-refractivity contribution is 6.43. The molecule has 0 saturated heterocycles. The summed E-state index contributed by atoms with van der Waals surface area (Å²) in [6.07, 6.45) is 1.89. The van der Waals surface area contributed by atoms with Crippen molar-refractivity contribution >= 4 is 34.8 Å². The molecule has 0 heterocycles. The fourth-order valence-electron chi connectivity index (χ4n) is 2.39. The van der Waals surface area contributed by atoms with Crippen LogP contribution in [0, 0.1) is 0 Å². The molecule has 1 aromatic carbocycles. The molecule has 0 radical (unpaired) electrons.